The predicted octanol–water partition coefficient (Wildman–Crippen LogP) is 4.72. The maximum absolute atomic E-state index is 12.4. The quantitative estimate of drug-likeness (QED) is 0.435. The van der Waals surface area contributed by atoms with Crippen LogP contribution in [0.3, 0.4) is 0 Å². The van der Waals surface area contributed by atoms with E-state index in [1.54, 1.807) is 44.2 Å². The van der Waals surface area contributed by atoms with E-state index in [1.807, 2.05) is 32.0 Å². The van der Waals surface area contributed by atoms with E-state index in [4.69, 9.17) is 14.2 Å². The van der Waals surface area contributed by atoms with Crippen LogP contribution in [0.4, 0.5) is 0 Å². The van der Waals surface area contributed by atoms with Gasteiger partial charge in [-0.05, 0) is 70.2 Å². The van der Waals surface area contributed by atoms with Gasteiger partial charge in [0.25, 0.3) is 0 Å². The molecule has 156 valence electrons. The van der Waals surface area contributed by atoms with E-state index >= 15 is 0 Å². The third-order valence-corrected chi connectivity index (χ3v) is 4.71. The van der Waals surface area contributed by atoms with Crippen molar-refractivity contribution in [2.45, 2.75) is 33.3 Å². The van der Waals surface area contributed by atoms with Crippen LogP contribution in [-0.4, -0.2) is 36.2 Å². The molecule has 0 aliphatic rings. The van der Waals surface area contributed by atoms with E-state index in [-0.39, 0.29) is 0 Å². The summed E-state index contributed by atoms with van der Waals surface area (Å²) >= 11 is 0. The van der Waals surface area contributed by atoms with E-state index in [9.17, 15) is 9.59 Å². The zero-order chi connectivity index (χ0) is 21.9. The Morgan fingerprint density at radius 2 is 1.73 bits per heavy atom. The highest BCUT2D eigenvalue weighted by Crippen LogP contribution is 2.29. The molecule has 0 saturated heterocycles. The van der Waals surface area contributed by atoms with Crippen molar-refractivity contribution in [1.82, 2.24) is 4.98 Å². The number of ether oxygens (including phenoxy) is 3. The van der Waals surface area contributed by atoms with Gasteiger partial charge in [-0.25, -0.2) is 14.6 Å². The van der Waals surface area contributed by atoms with Crippen LogP contribution in [0.2, 0.25) is 0 Å². The highest BCUT2D eigenvalue weighted by molar-refractivity contribution is 6.00. The average molecular weight is 407 g/mol. The molecule has 0 radical (unpaired) electrons. The molecular weight excluding hydrogens is 382 g/mol. The summed E-state index contributed by atoms with van der Waals surface area (Å²) in [6.45, 7) is 7.54. The summed E-state index contributed by atoms with van der Waals surface area (Å²) in [4.78, 5) is 29.4. The summed E-state index contributed by atoms with van der Waals surface area (Å²) in [5.74, 6) is -0.561. The summed E-state index contributed by atoms with van der Waals surface area (Å²) in [6.07, 6.45) is 0. The minimum absolute atomic E-state index is 0.373. The van der Waals surface area contributed by atoms with Gasteiger partial charge in [0.1, 0.15) is 5.75 Å². The third kappa shape index (κ3) is 4.49. The Labute approximate surface area is 175 Å². The Hall–Kier alpha value is -3.25. The number of nitrogens with zero attached hydrogens (tertiary/aromatic N) is 1. The molecule has 0 fully saturated rings. The molecule has 2 aromatic carbocycles. The van der Waals surface area contributed by atoms with Crippen molar-refractivity contribution in [2.75, 3.05) is 13.7 Å². The third-order valence-electron chi connectivity index (χ3n) is 4.71. The number of fused-ring (bicyclic) bond motifs is 1. The lowest BCUT2D eigenvalue weighted by molar-refractivity contribution is -0.157. The van der Waals surface area contributed by atoms with Gasteiger partial charge < -0.3 is 14.2 Å². The van der Waals surface area contributed by atoms with Crippen LogP contribution in [-0.2, 0) is 14.3 Å². The number of benzene rings is 2. The number of hydrogen-bond donors (Lipinski definition) is 0. The van der Waals surface area contributed by atoms with E-state index in [0.717, 1.165) is 16.5 Å². The Balaban J connectivity index is 1.96. The van der Waals surface area contributed by atoms with Crippen LogP contribution < -0.4 is 4.74 Å². The molecule has 3 aromatic rings. The molecule has 0 aliphatic heterocycles. The molecule has 0 amide bonds. The number of esters is 2. The number of aromatic nitrogens is 1. The number of carbonyl (C=O) groups is 2. The van der Waals surface area contributed by atoms with Crippen LogP contribution in [0.1, 0.15) is 36.7 Å². The Kier molecular flexibility index (Phi) is 6.17. The normalized spacial score (nSPS) is 11.4. The van der Waals surface area contributed by atoms with Crippen molar-refractivity contribution in [3.63, 3.8) is 0 Å². The highest BCUT2D eigenvalue weighted by Gasteiger charge is 2.30. The number of rotatable bonds is 6. The van der Waals surface area contributed by atoms with Crippen molar-refractivity contribution in [1.29, 1.82) is 0 Å². The summed E-state index contributed by atoms with van der Waals surface area (Å²) in [6, 6.07) is 14.5. The lowest BCUT2D eigenvalue weighted by atomic mass is 10.0. The van der Waals surface area contributed by atoms with Gasteiger partial charge >= 0.3 is 11.9 Å². The van der Waals surface area contributed by atoms with Crippen molar-refractivity contribution in [3.05, 3.63) is 59.7 Å². The summed E-state index contributed by atoms with van der Waals surface area (Å²) < 4.78 is 15.8. The number of hydrogen-bond acceptors (Lipinski definition) is 6. The molecule has 30 heavy (non-hydrogen) atoms. The molecule has 0 spiro atoms. The smallest absolute Gasteiger partial charge is 0.343 e. The fourth-order valence-corrected chi connectivity index (χ4v) is 3.11. The highest BCUT2D eigenvalue weighted by atomic mass is 16.6. The summed E-state index contributed by atoms with van der Waals surface area (Å²) in [5, 5.41) is 0.864. The largest absolute Gasteiger partial charge is 0.465 e. The van der Waals surface area contributed by atoms with Gasteiger partial charge in [0, 0.05) is 17.6 Å². The zero-order valence-electron chi connectivity index (χ0n) is 17.8. The molecular formula is C24H25NO5. The van der Waals surface area contributed by atoms with Gasteiger partial charge in [-0.2, -0.15) is 0 Å². The number of pyridine rings is 1. The van der Waals surface area contributed by atoms with Gasteiger partial charge in [0.05, 0.1) is 23.9 Å². The maximum Gasteiger partial charge on any atom is 0.343 e. The number of carbonyl (C=O) groups excluding carboxylic acids is 2. The predicted molar refractivity (Wildman–Crippen MR) is 115 cm³/mol. The lowest BCUT2D eigenvalue weighted by Crippen LogP contribution is -2.38. The summed E-state index contributed by atoms with van der Waals surface area (Å²) in [5.41, 5.74) is 2.40. The first-order valence-corrected chi connectivity index (χ1v) is 9.71. The first kappa shape index (κ1) is 21.5. The standard InChI is InChI=1S/C24H25NO5/c1-6-29-24(3,4)23(27)30-18-10-8-16(9-11-18)21-19(22(26)28-5)14-17-13-15(2)7-12-20(17)25-21/h7-14H,6H2,1-5H3. The molecule has 0 unspecified atom stereocenters. The molecule has 6 nitrogen and oxygen atoms in total. The molecule has 0 saturated carbocycles. The number of aryl methyl sites for hydroxylation is 1. The Bertz CT molecular complexity index is 1090. The van der Waals surface area contributed by atoms with Gasteiger partial charge in [0.15, 0.2) is 5.60 Å². The molecule has 0 atom stereocenters. The van der Waals surface area contributed by atoms with Crippen molar-refractivity contribution >= 4 is 22.8 Å². The molecule has 1 heterocycles. The second-order valence-corrected chi connectivity index (χ2v) is 7.43. The minimum atomic E-state index is -1.04. The minimum Gasteiger partial charge on any atom is -0.465 e. The van der Waals surface area contributed by atoms with Crippen molar-refractivity contribution in [2.24, 2.45) is 0 Å². The van der Waals surface area contributed by atoms with Crippen LogP contribution in [0, 0.1) is 6.92 Å². The van der Waals surface area contributed by atoms with E-state index < -0.39 is 17.5 Å². The van der Waals surface area contributed by atoms with Crippen LogP contribution in [0.25, 0.3) is 22.2 Å². The fourth-order valence-electron chi connectivity index (χ4n) is 3.11. The van der Waals surface area contributed by atoms with E-state index in [0.29, 0.717) is 29.2 Å². The fraction of sp³-hybridized carbons (Fsp3) is 0.292. The van der Waals surface area contributed by atoms with Gasteiger partial charge in [0.2, 0.25) is 0 Å². The topological polar surface area (TPSA) is 74.7 Å². The monoisotopic (exact) mass is 407 g/mol. The van der Waals surface area contributed by atoms with Crippen molar-refractivity contribution < 1.29 is 23.8 Å². The van der Waals surface area contributed by atoms with E-state index in [2.05, 4.69) is 4.98 Å². The second-order valence-electron chi connectivity index (χ2n) is 7.43. The molecule has 6 heteroatoms. The van der Waals surface area contributed by atoms with Crippen LogP contribution >= 0.6 is 0 Å². The van der Waals surface area contributed by atoms with Crippen LogP contribution in [0.5, 0.6) is 5.75 Å². The molecule has 1 aromatic heterocycles. The molecule has 0 bridgehead atoms. The van der Waals surface area contributed by atoms with Crippen LogP contribution in [0.15, 0.2) is 48.5 Å². The van der Waals surface area contributed by atoms with Gasteiger partial charge in [-0.3, -0.25) is 0 Å². The first-order chi connectivity index (χ1) is 14.2. The maximum atomic E-state index is 12.4. The second kappa shape index (κ2) is 8.63. The molecule has 3 rings (SSSR count). The lowest BCUT2D eigenvalue weighted by Gasteiger charge is -2.22. The molecule has 0 aliphatic carbocycles. The van der Waals surface area contributed by atoms with E-state index in [1.165, 1.54) is 7.11 Å². The first-order valence-electron chi connectivity index (χ1n) is 9.71. The van der Waals surface area contributed by atoms with Gasteiger partial charge in [-0.15, -0.1) is 0 Å². The summed E-state index contributed by atoms with van der Waals surface area (Å²) in [7, 11) is 1.34. The van der Waals surface area contributed by atoms with Gasteiger partial charge in [-0.1, -0.05) is 11.6 Å². The number of methoxy groups -OCH3 is 1. The zero-order valence-corrected chi connectivity index (χ0v) is 17.8. The molecule has 0 N–H and O–H groups in total. The Morgan fingerprint density at radius 1 is 1.03 bits per heavy atom. The average Bonchev–Trinajstić information content (AvgIpc) is 2.72. The Morgan fingerprint density at radius 3 is 2.37 bits per heavy atom. The SMILES string of the molecule is CCOC(C)(C)C(=O)Oc1ccc(-c2nc3ccc(C)cc3cc2C(=O)OC)cc1. The van der Waals surface area contributed by atoms with Crippen molar-refractivity contribution in [3.8, 4) is 17.0 Å².